The number of hydrogen-bond donors (Lipinski definition) is 0. The Morgan fingerprint density at radius 2 is 2.06 bits per heavy atom. The lowest BCUT2D eigenvalue weighted by Gasteiger charge is -2.22. The largest absolute Gasteiger partial charge is 0.497 e. The summed E-state index contributed by atoms with van der Waals surface area (Å²) < 4.78 is 13.8. The fourth-order valence-electron chi connectivity index (χ4n) is 3.67. The van der Waals surface area contributed by atoms with Crippen LogP contribution in [0.25, 0.3) is 15.9 Å². The molecule has 1 aliphatic rings. The van der Waals surface area contributed by atoms with Crippen LogP contribution >= 0.6 is 11.3 Å². The van der Waals surface area contributed by atoms with Gasteiger partial charge < -0.3 is 9.47 Å². The van der Waals surface area contributed by atoms with Crippen LogP contribution in [-0.2, 0) is 4.74 Å². The average molecular weight is 435 g/mol. The molecule has 31 heavy (non-hydrogen) atoms. The minimum atomic E-state index is -0.179. The van der Waals surface area contributed by atoms with Gasteiger partial charge in [0.05, 0.1) is 35.7 Å². The van der Waals surface area contributed by atoms with Crippen molar-refractivity contribution in [3.05, 3.63) is 66.5 Å². The van der Waals surface area contributed by atoms with Crippen LogP contribution in [0, 0.1) is 0 Å². The molecule has 0 bridgehead atoms. The molecule has 1 amide bonds. The van der Waals surface area contributed by atoms with Crippen LogP contribution in [0.4, 0.5) is 5.13 Å². The normalized spacial score (nSPS) is 16.0. The topological polar surface area (TPSA) is 69.5 Å². The molecule has 1 saturated heterocycles. The van der Waals surface area contributed by atoms with Gasteiger partial charge in [-0.1, -0.05) is 23.5 Å². The van der Waals surface area contributed by atoms with Gasteiger partial charge in [-0.2, -0.15) is 5.10 Å². The second-order valence-electron chi connectivity index (χ2n) is 7.36. The van der Waals surface area contributed by atoms with Gasteiger partial charge in [-0.3, -0.25) is 9.69 Å². The maximum absolute atomic E-state index is 13.5. The first-order valence-electron chi connectivity index (χ1n) is 10.2. The Kier molecular flexibility index (Phi) is 5.40. The van der Waals surface area contributed by atoms with E-state index < -0.39 is 0 Å². The highest BCUT2D eigenvalue weighted by Gasteiger charge is 2.28. The first-order chi connectivity index (χ1) is 15.2. The van der Waals surface area contributed by atoms with Gasteiger partial charge in [-0.15, -0.1) is 0 Å². The van der Waals surface area contributed by atoms with Crippen LogP contribution < -0.4 is 9.64 Å². The van der Waals surface area contributed by atoms with Crippen LogP contribution in [0.5, 0.6) is 5.75 Å². The van der Waals surface area contributed by atoms with Crippen LogP contribution in [0.3, 0.4) is 0 Å². The van der Waals surface area contributed by atoms with Gasteiger partial charge in [-0.05, 0) is 55.3 Å². The molecule has 0 spiro atoms. The summed E-state index contributed by atoms with van der Waals surface area (Å²) in [6, 6.07) is 17.2. The van der Waals surface area contributed by atoms with Crippen molar-refractivity contribution >= 4 is 32.6 Å². The number of anilines is 1. The number of methoxy groups -OCH3 is 1. The van der Waals surface area contributed by atoms with Crippen molar-refractivity contribution in [2.24, 2.45) is 0 Å². The van der Waals surface area contributed by atoms with E-state index in [0.717, 1.165) is 41.1 Å². The van der Waals surface area contributed by atoms with Crippen LogP contribution in [0.15, 0.2) is 60.8 Å². The fourth-order valence-corrected chi connectivity index (χ4v) is 4.64. The van der Waals surface area contributed by atoms with E-state index in [1.807, 2.05) is 48.5 Å². The number of nitrogens with zero attached hydrogens (tertiary/aromatic N) is 4. The zero-order valence-electron chi connectivity index (χ0n) is 17.1. The van der Waals surface area contributed by atoms with Crippen LogP contribution in [-0.4, -0.2) is 47.0 Å². The number of rotatable bonds is 6. The summed E-state index contributed by atoms with van der Waals surface area (Å²) in [4.78, 5) is 19.9. The number of hydrogen-bond acceptors (Lipinski definition) is 6. The number of carbonyl (C=O) groups is 1. The summed E-state index contributed by atoms with van der Waals surface area (Å²) >= 11 is 1.51. The van der Waals surface area contributed by atoms with Crippen molar-refractivity contribution in [3.8, 4) is 11.4 Å². The maximum atomic E-state index is 13.5. The van der Waals surface area contributed by atoms with Gasteiger partial charge in [0.15, 0.2) is 10.8 Å². The van der Waals surface area contributed by atoms with Gasteiger partial charge in [0.1, 0.15) is 5.75 Å². The minimum Gasteiger partial charge on any atom is -0.497 e. The molecule has 158 valence electrons. The van der Waals surface area contributed by atoms with E-state index in [1.54, 1.807) is 29.0 Å². The Labute approximate surface area is 183 Å². The Hall–Kier alpha value is -3.23. The molecule has 8 heteroatoms. The molecule has 0 radical (unpaired) electrons. The third kappa shape index (κ3) is 4.04. The highest BCUT2D eigenvalue weighted by Crippen LogP contribution is 2.30. The second kappa shape index (κ2) is 8.49. The first-order valence-corrected chi connectivity index (χ1v) is 11.0. The number of thiazole rings is 1. The van der Waals surface area contributed by atoms with Gasteiger partial charge in [0.2, 0.25) is 0 Å². The molecule has 4 aromatic rings. The zero-order chi connectivity index (χ0) is 21.2. The van der Waals surface area contributed by atoms with Crippen LogP contribution in [0.1, 0.15) is 23.3 Å². The van der Waals surface area contributed by atoms with Gasteiger partial charge in [0.25, 0.3) is 5.91 Å². The number of ether oxygens (including phenoxy) is 2. The molecule has 7 nitrogen and oxygen atoms in total. The van der Waals surface area contributed by atoms with Crippen LogP contribution in [0.2, 0.25) is 0 Å². The van der Waals surface area contributed by atoms with E-state index in [0.29, 0.717) is 17.4 Å². The van der Waals surface area contributed by atoms with Gasteiger partial charge in [0, 0.05) is 12.8 Å². The molecule has 2 aromatic carbocycles. The van der Waals surface area contributed by atoms with E-state index in [2.05, 4.69) is 5.10 Å². The van der Waals surface area contributed by atoms with E-state index in [-0.39, 0.29) is 12.0 Å². The van der Waals surface area contributed by atoms with E-state index in [1.165, 1.54) is 11.3 Å². The second-order valence-corrected chi connectivity index (χ2v) is 8.37. The molecular weight excluding hydrogens is 412 g/mol. The lowest BCUT2D eigenvalue weighted by atomic mass is 10.2. The summed E-state index contributed by atoms with van der Waals surface area (Å²) in [6.07, 6.45) is 3.75. The number of amides is 1. The van der Waals surface area contributed by atoms with Crippen molar-refractivity contribution in [1.82, 2.24) is 14.8 Å². The molecule has 0 N–H and O–H groups in total. The van der Waals surface area contributed by atoms with Crippen molar-refractivity contribution in [2.45, 2.75) is 18.9 Å². The molecular formula is C23H22N4O3S. The molecule has 1 aliphatic heterocycles. The molecule has 1 atom stereocenters. The summed E-state index contributed by atoms with van der Waals surface area (Å²) in [5, 5.41) is 5.20. The number of para-hydroxylation sites is 1. The number of aromatic nitrogens is 3. The van der Waals surface area contributed by atoms with E-state index >= 15 is 0 Å². The average Bonchev–Trinajstić information content (AvgIpc) is 3.57. The van der Waals surface area contributed by atoms with E-state index in [4.69, 9.17) is 14.5 Å². The first kappa shape index (κ1) is 19.7. The predicted octanol–water partition coefficient (Wildman–Crippen LogP) is 4.32. The third-order valence-corrected chi connectivity index (χ3v) is 6.37. The molecule has 2 aromatic heterocycles. The highest BCUT2D eigenvalue weighted by atomic mass is 32.1. The standard InChI is InChI=1S/C23H22N4O3S/c1-29-17-10-8-16(9-11-17)27-13-12-20(25-27)22(28)26(15-18-5-4-14-30-18)23-24-19-6-2-3-7-21(19)31-23/h2-3,6-13,18H,4-5,14-15H2,1H3. The molecule has 0 aliphatic carbocycles. The maximum Gasteiger partial charge on any atom is 0.280 e. The highest BCUT2D eigenvalue weighted by molar-refractivity contribution is 7.22. The monoisotopic (exact) mass is 434 g/mol. The van der Waals surface area contributed by atoms with Crippen molar-refractivity contribution in [3.63, 3.8) is 0 Å². The van der Waals surface area contributed by atoms with Crippen molar-refractivity contribution < 1.29 is 14.3 Å². The summed E-state index contributed by atoms with van der Waals surface area (Å²) in [5.41, 5.74) is 2.11. The minimum absolute atomic E-state index is 0.0136. The third-order valence-electron chi connectivity index (χ3n) is 5.31. The predicted molar refractivity (Wildman–Crippen MR) is 120 cm³/mol. The van der Waals surface area contributed by atoms with Crippen molar-refractivity contribution in [1.29, 1.82) is 0 Å². The molecule has 5 rings (SSSR count). The Bertz CT molecular complexity index is 1160. The zero-order valence-corrected chi connectivity index (χ0v) is 17.9. The van der Waals surface area contributed by atoms with Crippen molar-refractivity contribution in [2.75, 3.05) is 25.2 Å². The number of fused-ring (bicyclic) bond motifs is 1. The Morgan fingerprint density at radius 3 is 2.81 bits per heavy atom. The summed E-state index contributed by atoms with van der Waals surface area (Å²) in [6.45, 7) is 1.20. The van der Waals surface area contributed by atoms with Gasteiger partial charge >= 0.3 is 0 Å². The number of carbonyl (C=O) groups excluding carboxylic acids is 1. The lowest BCUT2D eigenvalue weighted by Crippen LogP contribution is -2.37. The SMILES string of the molecule is COc1ccc(-n2ccc(C(=O)N(CC3CCCO3)c3nc4ccccc4s3)n2)cc1. The summed E-state index contributed by atoms with van der Waals surface area (Å²) in [7, 11) is 1.63. The Morgan fingerprint density at radius 1 is 1.23 bits per heavy atom. The summed E-state index contributed by atoms with van der Waals surface area (Å²) in [5.74, 6) is 0.590. The molecule has 1 unspecified atom stereocenters. The van der Waals surface area contributed by atoms with E-state index in [9.17, 15) is 4.79 Å². The quantitative estimate of drug-likeness (QED) is 0.452. The molecule has 3 heterocycles. The smallest absolute Gasteiger partial charge is 0.280 e. The number of benzene rings is 2. The Balaban J connectivity index is 1.45. The fraction of sp³-hybridized carbons (Fsp3) is 0.261. The molecule has 1 fully saturated rings. The molecule has 0 saturated carbocycles. The van der Waals surface area contributed by atoms with Gasteiger partial charge in [-0.25, -0.2) is 9.67 Å². The lowest BCUT2D eigenvalue weighted by molar-refractivity contribution is 0.0913.